The van der Waals surface area contributed by atoms with E-state index in [1.807, 2.05) is 0 Å². The largest absolute Gasteiger partial charge is 0.129 e. The highest BCUT2D eigenvalue weighted by Crippen LogP contribution is 2.60. The lowest BCUT2D eigenvalue weighted by atomic mass is 9.82. The molecule has 0 aliphatic carbocycles. The first-order valence-corrected chi connectivity index (χ1v) is 13.7. The van der Waals surface area contributed by atoms with Crippen molar-refractivity contribution in [3.8, 4) is 0 Å². The first kappa shape index (κ1) is 25.3. The van der Waals surface area contributed by atoms with E-state index >= 15 is 0 Å². The molecule has 4 aromatic rings. The fourth-order valence-corrected chi connectivity index (χ4v) is 7.84. The van der Waals surface area contributed by atoms with Crippen LogP contribution in [-0.2, 0) is 9.49 Å². The Morgan fingerprint density at radius 2 is 0.657 bits per heavy atom. The van der Waals surface area contributed by atoms with Crippen molar-refractivity contribution < 1.29 is 0 Å². The van der Waals surface area contributed by atoms with Crippen LogP contribution >= 0.6 is 11.8 Å². The zero-order valence-corrected chi connectivity index (χ0v) is 22.3. The summed E-state index contributed by atoms with van der Waals surface area (Å²) in [7, 11) is 0. The second-order valence-electron chi connectivity index (χ2n) is 10.4. The predicted octanol–water partition coefficient (Wildman–Crippen LogP) is 9.70. The van der Waals surface area contributed by atoms with Crippen LogP contribution in [-0.4, -0.2) is 0 Å². The molecule has 1 heteroatoms. The average molecular weight is 479 g/mol. The van der Waals surface area contributed by atoms with Gasteiger partial charge in [-0.15, -0.1) is 11.8 Å². The zero-order chi connectivity index (χ0) is 24.7. The third-order valence-electron chi connectivity index (χ3n) is 6.70. The average Bonchev–Trinajstić information content (AvgIpc) is 2.89. The number of hydrogen-bond acceptors (Lipinski definition) is 1. The molecule has 180 valence electrons. The van der Waals surface area contributed by atoms with Crippen molar-refractivity contribution in [1.82, 2.24) is 0 Å². The fourth-order valence-electron chi connectivity index (χ4n) is 5.40. The second-order valence-corrected chi connectivity index (χ2v) is 12.0. The molecule has 0 aromatic heterocycles. The van der Waals surface area contributed by atoms with Crippen LogP contribution < -0.4 is 0 Å². The van der Waals surface area contributed by atoms with Gasteiger partial charge in [-0.25, -0.2) is 0 Å². The van der Waals surface area contributed by atoms with Gasteiger partial charge in [-0.05, 0) is 46.9 Å². The summed E-state index contributed by atoms with van der Waals surface area (Å²) in [5, 5.41) is 0. The van der Waals surface area contributed by atoms with Crippen LogP contribution in [0.4, 0.5) is 0 Å². The Labute approximate surface area is 216 Å². The van der Waals surface area contributed by atoms with Gasteiger partial charge in [-0.1, -0.05) is 149 Å². The number of benzene rings is 4. The first-order valence-electron chi connectivity index (χ1n) is 12.9. The van der Waals surface area contributed by atoms with Gasteiger partial charge >= 0.3 is 0 Å². The first-order chi connectivity index (χ1) is 17.0. The van der Waals surface area contributed by atoms with E-state index in [9.17, 15) is 0 Å². The summed E-state index contributed by atoms with van der Waals surface area (Å²) >= 11 is 2.15. The molecule has 0 saturated heterocycles. The molecule has 0 radical (unpaired) electrons. The van der Waals surface area contributed by atoms with Gasteiger partial charge in [0, 0.05) is 0 Å². The molecule has 0 amide bonds. The molecular weight excluding hydrogens is 440 g/mol. The standard InChI is InChI=1S/C34H38S/c1-27(2)25-33(29-17-9-5-10-18-29,30-19-11-6-12-20-30)35-34(26-28(3)4,31-21-13-7-14-22-31)32-23-15-8-16-24-32/h5-24,27-28H,25-26H2,1-4H3. The second kappa shape index (κ2) is 11.3. The summed E-state index contributed by atoms with van der Waals surface area (Å²) in [6, 6.07) is 44.8. The quantitative estimate of drug-likeness (QED) is 0.218. The molecular formula is C34H38S. The maximum atomic E-state index is 2.36. The Hall–Kier alpha value is -2.77. The molecule has 0 heterocycles. The van der Waals surface area contributed by atoms with Crippen LogP contribution in [0.1, 0.15) is 62.8 Å². The lowest BCUT2D eigenvalue weighted by molar-refractivity contribution is 0.483. The summed E-state index contributed by atoms with van der Waals surface area (Å²) in [5.74, 6) is 1.07. The normalized spacial score (nSPS) is 12.3. The molecule has 0 spiro atoms. The zero-order valence-electron chi connectivity index (χ0n) is 21.5. The lowest BCUT2D eigenvalue weighted by Crippen LogP contribution is -2.36. The molecule has 0 aliphatic heterocycles. The monoisotopic (exact) mass is 478 g/mol. The van der Waals surface area contributed by atoms with E-state index in [2.05, 4.69) is 161 Å². The Balaban J connectivity index is 2.05. The van der Waals surface area contributed by atoms with E-state index in [-0.39, 0.29) is 9.49 Å². The highest BCUT2D eigenvalue weighted by Gasteiger charge is 2.46. The molecule has 0 fully saturated rings. The van der Waals surface area contributed by atoms with Crippen molar-refractivity contribution in [3.05, 3.63) is 144 Å². The van der Waals surface area contributed by atoms with Crippen LogP contribution in [0, 0.1) is 11.8 Å². The van der Waals surface area contributed by atoms with Crippen molar-refractivity contribution in [2.24, 2.45) is 11.8 Å². The van der Waals surface area contributed by atoms with Gasteiger partial charge in [0.05, 0.1) is 9.49 Å². The van der Waals surface area contributed by atoms with Crippen LogP contribution in [0.3, 0.4) is 0 Å². The van der Waals surface area contributed by atoms with E-state index in [0.29, 0.717) is 11.8 Å². The Bertz CT molecular complexity index is 974. The highest BCUT2D eigenvalue weighted by molar-refractivity contribution is 8.01. The Morgan fingerprint density at radius 3 is 0.857 bits per heavy atom. The van der Waals surface area contributed by atoms with E-state index in [0.717, 1.165) is 12.8 Å². The van der Waals surface area contributed by atoms with E-state index in [1.54, 1.807) is 0 Å². The Morgan fingerprint density at radius 1 is 0.429 bits per heavy atom. The summed E-state index contributed by atoms with van der Waals surface area (Å²) in [6.45, 7) is 9.43. The number of hydrogen-bond donors (Lipinski definition) is 0. The van der Waals surface area contributed by atoms with Crippen molar-refractivity contribution >= 4 is 11.8 Å². The smallest absolute Gasteiger partial charge is 0.0671 e. The van der Waals surface area contributed by atoms with Crippen LogP contribution in [0.2, 0.25) is 0 Å². The summed E-state index contributed by atoms with van der Waals surface area (Å²) in [6.07, 6.45) is 2.12. The summed E-state index contributed by atoms with van der Waals surface area (Å²) in [4.78, 5) is 0. The lowest BCUT2D eigenvalue weighted by Gasteiger charge is -2.46. The summed E-state index contributed by atoms with van der Waals surface area (Å²) < 4.78 is -0.394. The van der Waals surface area contributed by atoms with E-state index in [4.69, 9.17) is 0 Å². The molecule has 0 unspecified atom stereocenters. The van der Waals surface area contributed by atoms with Gasteiger partial charge in [-0.3, -0.25) is 0 Å². The van der Waals surface area contributed by atoms with E-state index in [1.165, 1.54) is 22.3 Å². The highest BCUT2D eigenvalue weighted by atomic mass is 32.2. The molecule has 4 rings (SSSR count). The maximum absolute atomic E-state index is 2.36. The number of thioether (sulfide) groups is 1. The minimum atomic E-state index is -0.197. The van der Waals surface area contributed by atoms with Crippen molar-refractivity contribution in [2.75, 3.05) is 0 Å². The van der Waals surface area contributed by atoms with Gasteiger partial charge in [0.25, 0.3) is 0 Å². The topological polar surface area (TPSA) is 0 Å². The third kappa shape index (κ3) is 5.57. The molecule has 35 heavy (non-hydrogen) atoms. The molecule has 4 aromatic carbocycles. The van der Waals surface area contributed by atoms with Crippen molar-refractivity contribution in [2.45, 2.75) is 50.0 Å². The molecule has 0 atom stereocenters. The minimum absolute atomic E-state index is 0.197. The van der Waals surface area contributed by atoms with Gasteiger partial charge in [0.1, 0.15) is 0 Å². The summed E-state index contributed by atoms with van der Waals surface area (Å²) in [5.41, 5.74) is 5.52. The Kier molecular flexibility index (Phi) is 8.19. The van der Waals surface area contributed by atoms with Gasteiger partial charge in [-0.2, -0.15) is 0 Å². The molecule has 0 nitrogen and oxygen atoms in total. The molecule has 0 aliphatic rings. The SMILES string of the molecule is CC(C)CC(SC(CC(C)C)(c1ccccc1)c1ccccc1)(c1ccccc1)c1ccccc1. The van der Waals surface area contributed by atoms with Crippen molar-refractivity contribution in [3.63, 3.8) is 0 Å². The predicted molar refractivity (Wildman–Crippen MR) is 154 cm³/mol. The number of rotatable bonds is 10. The van der Waals surface area contributed by atoms with Gasteiger partial charge in [0.15, 0.2) is 0 Å². The van der Waals surface area contributed by atoms with Gasteiger partial charge in [0.2, 0.25) is 0 Å². The van der Waals surface area contributed by atoms with Crippen LogP contribution in [0.25, 0.3) is 0 Å². The molecule has 0 bridgehead atoms. The van der Waals surface area contributed by atoms with Crippen molar-refractivity contribution in [1.29, 1.82) is 0 Å². The van der Waals surface area contributed by atoms with Gasteiger partial charge < -0.3 is 0 Å². The minimum Gasteiger partial charge on any atom is -0.129 e. The maximum Gasteiger partial charge on any atom is 0.0671 e. The van der Waals surface area contributed by atoms with Crippen LogP contribution in [0.5, 0.6) is 0 Å². The van der Waals surface area contributed by atoms with E-state index < -0.39 is 0 Å². The molecule has 0 N–H and O–H groups in total. The third-order valence-corrected chi connectivity index (χ3v) is 8.67. The van der Waals surface area contributed by atoms with Crippen LogP contribution in [0.15, 0.2) is 121 Å². The fraction of sp³-hybridized carbons (Fsp3) is 0.294. The molecule has 0 saturated carbocycles.